The van der Waals surface area contributed by atoms with E-state index in [1.165, 1.54) is 0 Å². The van der Waals surface area contributed by atoms with Crippen LogP contribution in [-0.2, 0) is 0 Å². The zero-order chi connectivity index (χ0) is 35.4. The third kappa shape index (κ3) is 7.06. The summed E-state index contributed by atoms with van der Waals surface area (Å²) in [6, 6.07) is 41.1. The molecule has 6 aromatic carbocycles. The predicted octanol–water partition coefficient (Wildman–Crippen LogP) is 10.1. The van der Waals surface area contributed by atoms with E-state index in [1.54, 1.807) is 48.5 Å². The largest absolute Gasteiger partial charge is 0.422 e. The second-order valence-electron chi connectivity index (χ2n) is 12.2. The first-order valence-corrected chi connectivity index (χ1v) is 16.0. The second-order valence-corrected chi connectivity index (χ2v) is 12.2. The number of hydrogen-bond donors (Lipinski definition) is 0. The quantitative estimate of drug-likeness (QED) is 0.126. The first-order chi connectivity index (χ1) is 24.1. The van der Waals surface area contributed by atoms with Gasteiger partial charge in [0.15, 0.2) is 0 Å². The van der Waals surface area contributed by atoms with E-state index in [9.17, 15) is 9.59 Å². The van der Waals surface area contributed by atoms with Crippen LogP contribution in [0.25, 0.3) is 33.4 Å². The summed E-state index contributed by atoms with van der Waals surface area (Å²) < 4.78 is 11.8. The van der Waals surface area contributed by atoms with Gasteiger partial charge in [0.2, 0.25) is 0 Å². The molecule has 0 saturated heterocycles. The summed E-state index contributed by atoms with van der Waals surface area (Å²) in [4.78, 5) is 26.2. The van der Waals surface area contributed by atoms with Gasteiger partial charge < -0.3 is 9.47 Å². The van der Waals surface area contributed by atoms with E-state index in [0.29, 0.717) is 33.8 Å². The van der Waals surface area contributed by atoms with Gasteiger partial charge in [-0.1, -0.05) is 48.5 Å². The molecule has 6 rings (SSSR count). The SMILES string of the molecule is Cc1cc(-c2cc(C)c(OC(=O)c3ccc(-c4ccc(C#N)cc4)cc3)c(C)c2)cc(C)c1OC(=O)c1ccc(-c2ccc(C#N)cc2)cc1. The average Bonchev–Trinajstić information content (AvgIpc) is 3.14. The monoisotopic (exact) mass is 652 g/mol. The van der Waals surface area contributed by atoms with Crippen molar-refractivity contribution in [3.05, 3.63) is 166 Å². The highest BCUT2D eigenvalue weighted by molar-refractivity contribution is 5.93. The van der Waals surface area contributed by atoms with Crippen LogP contribution in [0, 0.1) is 50.4 Å². The molecule has 50 heavy (non-hydrogen) atoms. The van der Waals surface area contributed by atoms with Gasteiger partial charge in [-0.05, 0) is 156 Å². The molecule has 6 aromatic rings. The van der Waals surface area contributed by atoms with Crippen molar-refractivity contribution in [1.29, 1.82) is 10.5 Å². The lowest BCUT2D eigenvalue weighted by Crippen LogP contribution is -2.11. The Morgan fingerprint density at radius 3 is 0.940 bits per heavy atom. The Labute approximate surface area is 291 Å². The topological polar surface area (TPSA) is 100 Å². The van der Waals surface area contributed by atoms with Crippen molar-refractivity contribution in [3.8, 4) is 57.0 Å². The van der Waals surface area contributed by atoms with Crippen LogP contribution in [0.3, 0.4) is 0 Å². The lowest BCUT2D eigenvalue weighted by Gasteiger charge is -2.16. The minimum absolute atomic E-state index is 0.434. The van der Waals surface area contributed by atoms with Gasteiger partial charge in [-0.3, -0.25) is 0 Å². The fourth-order valence-corrected chi connectivity index (χ4v) is 5.93. The Bertz CT molecular complexity index is 2110. The maximum Gasteiger partial charge on any atom is 0.343 e. The van der Waals surface area contributed by atoms with Crippen LogP contribution in [0.15, 0.2) is 121 Å². The normalized spacial score (nSPS) is 10.5. The Morgan fingerprint density at radius 1 is 0.420 bits per heavy atom. The molecule has 0 aliphatic carbocycles. The summed E-state index contributed by atoms with van der Waals surface area (Å²) in [6.45, 7) is 7.65. The van der Waals surface area contributed by atoms with Crippen LogP contribution >= 0.6 is 0 Å². The lowest BCUT2D eigenvalue weighted by atomic mass is 9.96. The number of rotatable bonds is 7. The van der Waals surface area contributed by atoms with E-state index in [-0.39, 0.29) is 0 Å². The molecule has 6 heteroatoms. The van der Waals surface area contributed by atoms with Gasteiger partial charge in [-0.15, -0.1) is 0 Å². The predicted molar refractivity (Wildman–Crippen MR) is 194 cm³/mol. The lowest BCUT2D eigenvalue weighted by molar-refractivity contribution is 0.0723. The van der Waals surface area contributed by atoms with Crippen LogP contribution in [0.2, 0.25) is 0 Å². The van der Waals surface area contributed by atoms with Gasteiger partial charge in [0.1, 0.15) is 11.5 Å². The maximum atomic E-state index is 13.1. The smallest absolute Gasteiger partial charge is 0.343 e. The zero-order valence-electron chi connectivity index (χ0n) is 28.1. The van der Waals surface area contributed by atoms with E-state index in [2.05, 4.69) is 12.1 Å². The third-order valence-electron chi connectivity index (χ3n) is 8.58. The summed E-state index contributed by atoms with van der Waals surface area (Å²) in [7, 11) is 0. The van der Waals surface area contributed by atoms with Crippen molar-refractivity contribution in [1.82, 2.24) is 0 Å². The Balaban J connectivity index is 1.14. The highest BCUT2D eigenvalue weighted by Gasteiger charge is 2.17. The number of nitriles is 2. The van der Waals surface area contributed by atoms with E-state index in [4.69, 9.17) is 20.0 Å². The third-order valence-corrected chi connectivity index (χ3v) is 8.58. The highest BCUT2D eigenvalue weighted by Crippen LogP contribution is 2.35. The maximum absolute atomic E-state index is 13.1. The van der Waals surface area contributed by atoms with Crippen LogP contribution in [0.5, 0.6) is 11.5 Å². The van der Waals surface area contributed by atoms with E-state index in [1.807, 2.05) is 100 Å². The van der Waals surface area contributed by atoms with Crippen LogP contribution in [-0.4, -0.2) is 11.9 Å². The molecule has 0 bridgehead atoms. The number of ether oxygens (including phenoxy) is 2. The minimum atomic E-state index is -0.447. The van der Waals surface area contributed by atoms with Crippen molar-refractivity contribution in [2.75, 3.05) is 0 Å². The van der Waals surface area contributed by atoms with E-state index < -0.39 is 11.9 Å². The molecule has 242 valence electrons. The van der Waals surface area contributed by atoms with Crippen LogP contribution < -0.4 is 9.47 Å². The molecule has 0 spiro atoms. The summed E-state index contributed by atoms with van der Waals surface area (Å²) in [5.41, 5.74) is 11.0. The van der Waals surface area contributed by atoms with Crippen molar-refractivity contribution in [3.63, 3.8) is 0 Å². The summed E-state index contributed by atoms with van der Waals surface area (Å²) in [5.74, 6) is 0.132. The molecule has 6 nitrogen and oxygen atoms in total. The zero-order valence-corrected chi connectivity index (χ0v) is 28.1. The number of hydrogen-bond acceptors (Lipinski definition) is 6. The Morgan fingerprint density at radius 2 is 0.680 bits per heavy atom. The molecule has 0 heterocycles. The molecule has 0 saturated carbocycles. The molecule has 0 atom stereocenters. The van der Waals surface area contributed by atoms with Crippen molar-refractivity contribution in [2.24, 2.45) is 0 Å². The fraction of sp³-hybridized carbons (Fsp3) is 0.0909. The molecule has 0 radical (unpaired) electrons. The first-order valence-electron chi connectivity index (χ1n) is 16.0. The van der Waals surface area contributed by atoms with Crippen LogP contribution in [0.1, 0.15) is 54.1 Å². The number of esters is 2. The van der Waals surface area contributed by atoms with Crippen molar-refractivity contribution < 1.29 is 19.1 Å². The number of aryl methyl sites for hydroxylation is 4. The fourth-order valence-electron chi connectivity index (χ4n) is 5.93. The Kier molecular flexibility index (Phi) is 9.39. The van der Waals surface area contributed by atoms with Gasteiger partial charge in [-0.25, -0.2) is 9.59 Å². The minimum Gasteiger partial charge on any atom is -0.422 e. The molecule has 0 fully saturated rings. The van der Waals surface area contributed by atoms with Crippen molar-refractivity contribution in [2.45, 2.75) is 27.7 Å². The molecule has 0 aliphatic rings. The average molecular weight is 653 g/mol. The molecular formula is C44H32N2O4. The molecule has 0 unspecified atom stereocenters. The van der Waals surface area contributed by atoms with Gasteiger partial charge in [0, 0.05) is 0 Å². The molecule has 0 N–H and O–H groups in total. The molecule has 0 aliphatic heterocycles. The number of carbonyl (C=O) groups is 2. The molecular weight excluding hydrogens is 620 g/mol. The number of carbonyl (C=O) groups excluding carboxylic acids is 2. The van der Waals surface area contributed by atoms with Crippen LogP contribution in [0.4, 0.5) is 0 Å². The number of benzene rings is 6. The molecule has 0 aromatic heterocycles. The van der Waals surface area contributed by atoms with Gasteiger partial charge in [0.25, 0.3) is 0 Å². The van der Waals surface area contributed by atoms with Crippen molar-refractivity contribution >= 4 is 11.9 Å². The molecule has 0 amide bonds. The Hall–Kier alpha value is -6.76. The van der Waals surface area contributed by atoms with Gasteiger partial charge in [0.05, 0.1) is 34.4 Å². The van der Waals surface area contributed by atoms with E-state index in [0.717, 1.165) is 55.6 Å². The summed E-state index contributed by atoms with van der Waals surface area (Å²) >= 11 is 0. The summed E-state index contributed by atoms with van der Waals surface area (Å²) in [5, 5.41) is 18.1. The first kappa shape index (κ1) is 33.2. The second kappa shape index (κ2) is 14.2. The van der Waals surface area contributed by atoms with Gasteiger partial charge in [-0.2, -0.15) is 10.5 Å². The van der Waals surface area contributed by atoms with Gasteiger partial charge >= 0.3 is 11.9 Å². The number of nitrogens with zero attached hydrogens (tertiary/aromatic N) is 2. The standard InChI is InChI=1S/C44H32N2O4/c1-27-21-39(22-28(2)41(27)49-43(47)37-17-13-35(14-18-37)33-9-5-31(25-45)6-10-33)40-23-29(3)42(30(4)24-40)50-44(48)38-19-15-36(16-20-38)34-11-7-32(26-46)8-12-34/h5-24H,1-4H3. The highest BCUT2D eigenvalue weighted by atomic mass is 16.5. The van der Waals surface area contributed by atoms with E-state index >= 15 is 0 Å². The summed E-state index contributed by atoms with van der Waals surface area (Å²) in [6.07, 6.45) is 0.